The van der Waals surface area contributed by atoms with Crippen LogP contribution in [0, 0.1) is 0 Å². The van der Waals surface area contributed by atoms with Crippen molar-refractivity contribution in [2.45, 2.75) is 11.3 Å². The molecule has 4 heteroatoms. The minimum Gasteiger partial charge on any atom is -0.337 e. The molecule has 0 aliphatic carbocycles. The molecule has 0 aromatic heterocycles. The fourth-order valence-corrected chi connectivity index (χ4v) is 2.63. The zero-order valence-corrected chi connectivity index (χ0v) is 10.9. The average Bonchev–Trinajstić information content (AvgIpc) is 2.66. The van der Waals surface area contributed by atoms with Gasteiger partial charge >= 0.3 is 0 Å². The Morgan fingerprint density at radius 1 is 1.29 bits per heavy atom. The Labute approximate surface area is 107 Å². The van der Waals surface area contributed by atoms with Gasteiger partial charge in [-0.2, -0.15) is 0 Å². The smallest absolute Gasteiger partial charge is 0.255 e. The third-order valence-corrected chi connectivity index (χ3v) is 3.76. The zero-order chi connectivity index (χ0) is 12.1. The summed E-state index contributed by atoms with van der Waals surface area (Å²) in [6.45, 7) is 3.57. The molecule has 1 aromatic carbocycles. The molecule has 1 aliphatic rings. The van der Waals surface area contributed by atoms with Crippen molar-refractivity contribution in [1.82, 2.24) is 10.2 Å². The van der Waals surface area contributed by atoms with Gasteiger partial charge in [-0.15, -0.1) is 11.8 Å². The summed E-state index contributed by atoms with van der Waals surface area (Å²) >= 11 is 1.63. The predicted molar refractivity (Wildman–Crippen MR) is 71.6 cm³/mol. The van der Waals surface area contributed by atoms with Gasteiger partial charge < -0.3 is 10.2 Å². The first kappa shape index (κ1) is 12.5. The fraction of sp³-hybridized carbons (Fsp3) is 0.462. The maximum absolute atomic E-state index is 12.4. The molecule has 1 aromatic rings. The number of hydrogen-bond donors (Lipinski definition) is 1. The highest BCUT2D eigenvalue weighted by atomic mass is 32.2. The van der Waals surface area contributed by atoms with Crippen LogP contribution in [0.4, 0.5) is 0 Å². The molecule has 92 valence electrons. The van der Waals surface area contributed by atoms with Gasteiger partial charge in [-0.3, -0.25) is 4.79 Å². The maximum atomic E-state index is 12.4. The van der Waals surface area contributed by atoms with E-state index >= 15 is 0 Å². The van der Waals surface area contributed by atoms with Gasteiger partial charge in [0.05, 0.1) is 5.56 Å². The first-order chi connectivity index (χ1) is 8.33. The van der Waals surface area contributed by atoms with Crippen molar-refractivity contribution in [2.75, 3.05) is 32.4 Å². The van der Waals surface area contributed by atoms with Gasteiger partial charge in [0.15, 0.2) is 0 Å². The Morgan fingerprint density at radius 3 is 2.94 bits per heavy atom. The van der Waals surface area contributed by atoms with Crippen LogP contribution in [0.5, 0.6) is 0 Å². The van der Waals surface area contributed by atoms with Crippen LogP contribution in [0.3, 0.4) is 0 Å². The summed E-state index contributed by atoms with van der Waals surface area (Å²) in [4.78, 5) is 15.4. The molecule has 1 heterocycles. The Balaban J connectivity index is 2.17. The van der Waals surface area contributed by atoms with Crippen LogP contribution in [0.25, 0.3) is 0 Å². The van der Waals surface area contributed by atoms with E-state index < -0.39 is 0 Å². The first-order valence-electron chi connectivity index (χ1n) is 5.96. The standard InChI is InChI=1S/C13H18N2OS/c1-17-12-6-3-2-5-11(12)13(16)15-9-4-7-14-8-10-15/h2-3,5-6,14H,4,7-10H2,1H3. The van der Waals surface area contributed by atoms with E-state index in [0.29, 0.717) is 0 Å². The van der Waals surface area contributed by atoms with E-state index in [1.54, 1.807) is 11.8 Å². The molecule has 0 bridgehead atoms. The summed E-state index contributed by atoms with van der Waals surface area (Å²) in [5, 5.41) is 3.31. The summed E-state index contributed by atoms with van der Waals surface area (Å²) in [5.41, 5.74) is 0.835. The number of carbonyl (C=O) groups excluding carboxylic acids is 1. The van der Waals surface area contributed by atoms with Crippen LogP contribution in [0.1, 0.15) is 16.8 Å². The molecule has 1 amide bonds. The van der Waals surface area contributed by atoms with Gasteiger partial charge in [0.25, 0.3) is 5.91 Å². The molecule has 3 nitrogen and oxygen atoms in total. The lowest BCUT2D eigenvalue weighted by atomic mass is 10.2. The molecule has 0 atom stereocenters. The third kappa shape index (κ3) is 3.01. The SMILES string of the molecule is CSc1ccccc1C(=O)N1CCCNCC1. The van der Waals surface area contributed by atoms with Gasteiger partial charge in [-0.05, 0) is 31.4 Å². The number of nitrogens with one attached hydrogen (secondary N) is 1. The first-order valence-corrected chi connectivity index (χ1v) is 7.18. The van der Waals surface area contributed by atoms with Crippen LogP contribution < -0.4 is 5.32 Å². The quantitative estimate of drug-likeness (QED) is 0.813. The molecule has 17 heavy (non-hydrogen) atoms. The second kappa shape index (κ2) is 6.07. The van der Waals surface area contributed by atoms with E-state index in [1.165, 1.54) is 0 Å². The Morgan fingerprint density at radius 2 is 2.12 bits per heavy atom. The molecule has 1 aliphatic heterocycles. The summed E-state index contributed by atoms with van der Waals surface area (Å²) in [6, 6.07) is 7.84. The van der Waals surface area contributed by atoms with Crippen LogP contribution in [0.15, 0.2) is 29.2 Å². The number of carbonyl (C=O) groups is 1. The second-order valence-corrected chi connectivity index (χ2v) is 4.94. The van der Waals surface area contributed by atoms with Crippen molar-refractivity contribution in [3.63, 3.8) is 0 Å². The minimum atomic E-state index is 0.165. The Kier molecular flexibility index (Phi) is 4.45. The van der Waals surface area contributed by atoms with Crippen molar-refractivity contribution >= 4 is 17.7 Å². The largest absolute Gasteiger partial charge is 0.337 e. The summed E-state index contributed by atoms with van der Waals surface area (Å²) < 4.78 is 0. The number of nitrogens with zero attached hydrogens (tertiary/aromatic N) is 1. The number of benzene rings is 1. The molecule has 2 rings (SSSR count). The predicted octanol–water partition coefficient (Wildman–Crippen LogP) is 1.84. The lowest BCUT2D eigenvalue weighted by Gasteiger charge is -2.21. The van der Waals surface area contributed by atoms with Crippen molar-refractivity contribution in [1.29, 1.82) is 0 Å². The van der Waals surface area contributed by atoms with Crippen LogP contribution in [-0.4, -0.2) is 43.2 Å². The summed E-state index contributed by atoms with van der Waals surface area (Å²) in [6.07, 6.45) is 3.04. The van der Waals surface area contributed by atoms with Gasteiger partial charge in [0.2, 0.25) is 0 Å². The molecule has 0 saturated carbocycles. The van der Waals surface area contributed by atoms with E-state index in [4.69, 9.17) is 0 Å². The van der Waals surface area contributed by atoms with Gasteiger partial charge in [0.1, 0.15) is 0 Å². The lowest BCUT2D eigenvalue weighted by Crippen LogP contribution is -2.34. The number of rotatable bonds is 2. The number of thioether (sulfide) groups is 1. The highest BCUT2D eigenvalue weighted by molar-refractivity contribution is 7.98. The molecule has 1 saturated heterocycles. The van der Waals surface area contributed by atoms with Crippen molar-refractivity contribution < 1.29 is 4.79 Å². The molecule has 1 fully saturated rings. The molecule has 0 spiro atoms. The molecule has 0 unspecified atom stereocenters. The second-order valence-electron chi connectivity index (χ2n) is 4.10. The minimum absolute atomic E-state index is 0.165. The Bertz CT molecular complexity index is 387. The van der Waals surface area contributed by atoms with Crippen molar-refractivity contribution in [3.8, 4) is 0 Å². The van der Waals surface area contributed by atoms with Gasteiger partial charge in [-0.1, -0.05) is 12.1 Å². The molecule has 1 N–H and O–H groups in total. The van der Waals surface area contributed by atoms with Crippen molar-refractivity contribution in [3.05, 3.63) is 29.8 Å². The van der Waals surface area contributed by atoms with E-state index in [2.05, 4.69) is 5.32 Å². The zero-order valence-electron chi connectivity index (χ0n) is 10.1. The highest BCUT2D eigenvalue weighted by Crippen LogP contribution is 2.21. The maximum Gasteiger partial charge on any atom is 0.255 e. The normalized spacial score (nSPS) is 16.6. The molecular weight excluding hydrogens is 232 g/mol. The number of hydrogen-bond acceptors (Lipinski definition) is 3. The average molecular weight is 250 g/mol. The fourth-order valence-electron chi connectivity index (χ4n) is 2.04. The molecular formula is C13H18N2OS. The summed E-state index contributed by atoms with van der Waals surface area (Å²) in [7, 11) is 0. The monoisotopic (exact) mass is 250 g/mol. The van der Waals surface area contributed by atoms with E-state index in [-0.39, 0.29) is 5.91 Å². The lowest BCUT2D eigenvalue weighted by molar-refractivity contribution is 0.0763. The van der Waals surface area contributed by atoms with Gasteiger partial charge in [-0.25, -0.2) is 0 Å². The van der Waals surface area contributed by atoms with E-state index in [1.807, 2.05) is 35.4 Å². The van der Waals surface area contributed by atoms with Crippen molar-refractivity contribution in [2.24, 2.45) is 0 Å². The number of amides is 1. The molecule has 0 radical (unpaired) electrons. The topological polar surface area (TPSA) is 32.3 Å². The highest BCUT2D eigenvalue weighted by Gasteiger charge is 2.18. The van der Waals surface area contributed by atoms with E-state index in [0.717, 1.165) is 43.1 Å². The third-order valence-electron chi connectivity index (χ3n) is 2.96. The van der Waals surface area contributed by atoms with E-state index in [9.17, 15) is 4.79 Å². The summed E-state index contributed by atoms with van der Waals surface area (Å²) in [5.74, 6) is 0.165. The van der Waals surface area contributed by atoms with Gasteiger partial charge in [0, 0.05) is 24.5 Å². The van der Waals surface area contributed by atoms with Crippen LogP contribution >= 0.6 is 11.8 Å². The van der Waals surface area contributed by atoms with Crippen LogP contribution in [-0.2, 0) is 0 Å². The Hall–Kier alpha value is -1.00. The van der Waals surface area contributed by atoms with Crippen LogP contribution in [0.2, 0.25) is 0 Å².